The van der Waals surface area contributed by atoms with Crippen LogP contribution in [0.1, 0.15) is 42.7 Å². The van der Waals surface area contributed by atoms with Crippen molar-refractivity contribution in [1.82, 2.24) is 20.1 Å². The van der Waals surface area contributed by atoms with Gasteiger partial charge in [-0.05, 0) is 45.7 Å². The number of rotatable bonds is 6. The number of piperidine rings is 1. The highest BCUT2D eigenvalue weighted by molar-refractivity contribution is 6.13. The molecule has 0 unspecified atom stereocenters. The number of amides is 3. The van der Waals surface area contributed by atoms with Gasteiger partial charge in [-0.2, -0.15) is 5.10 Å². The van der Waals surface area contributed by atoms with Crippen molar-refractivity contribution in [3.05, 3.63) is 41.7 Å². The second kappa shape index (κ2) is 10.2. The number of nitrogens with one attached hydrogen (secondary N) is 2. The van der Waals surface area contributed by atoms with Crippen LogP contribution in [0.5, 0.6) is 5.75 Å². The van der Waals surface area contributed by atoms with Gasteiger partial charge in [0.2, 0.25) is 0 Å². The van der Waals surface area contributed by atoms with Crippen molar-refractivity contribution in [2.45, 2.75) is 39.7 Å². The van der Waals surface area contributed by atoms with Crippen LogP contribution in [-0.2, 0) is 11.8 Å². The number of hydrogen-bond acceptors (Lipinski definition) is 7. The predicted molar refractivity (Wildman–Crippen MR) is 135 cm³/mol. The first-order chi connectivity index (χ1) is 17.1. The van der Waals surface area contributed by atoms with Gasteiger partial charge in [0, 0.05) is 38.1 Å². The Morgan fingerprint density at radius 2 is 1.92 bits per heavy atom. The van der Waals surface area contributed by atoms with Crippen LogP contribution in [0.3, 0.4) is 0 Å². The Labute approximate surface area is 208 Å². The lowest BCUT2D eigenvalue weighted by atomic mass is 9.95. The summed E-state index contributed by atoms with van der Waals surface area (Å²) in [6.07, 6.45) is 2.32. The zero-order valence-corrected chi connectivity index (χ0v) is 20.7. The molecule has 1 aliphatic rings. The van der Waals surface area contributed by atoms with Crippen molar-refractivity contribution in [2.75, 3.05) is 23.3 Å². The van der Waals surface area contributed by atoms with Crippen LogP contribution in [0, 0.1) is 12.8 Å². The molecule has 36 heavy (non-hydrogen) atoms. The molecule has 0 radical (unpaired) electrons. The van der Waals surface area contributed by atoms with Gasteiger partial charge in [-0.15, -0.1) is 0 Å². The first-order valence-electron chi connectivity index (χ1n) is 11.8. The molecule has 1 fully saturated rings. The Balaban J connectivity index is 1.59. The van der Waals surface area contributed by atoms with Gasteiger partial charge < -0.3 is 20.1 Å². The van der Waals surface area contributed by atoms with Gasteiger partial charge in [-0.3, -0.25) is 19.6 Å². The first-order valence-corrected chi connectivity index (χ1v) is 11.8. The number of urea groups is 1. The zero-order valence-electron chi connectivity index (χ0n) is 20.7. The average molecular weight is 495 g/mol. The predicted octanol–water partition coefficient (Wildman–Crippen LogP) is 3.33. The molecule has 0 spiro atoms. The number of ether oxygens (including phenoxy) is 1. The van der Waals surface area contributed by atoms with E-state index in [1.54, 1.807) is 36.0 Å². The SMILES string of the molecule is Cc1nn(C)c2ncc(C(=O)NC(=O)Nc3cccc(OC(C)C)c3)c(N3CCC(C(=O)O)CC3)c12. The fourth-order valence-electron chi connectivity index (χ4n) is 4.49. The summed E-state index contributed by atoms with van der Waals surface area (Å²) in [7, 11) is 1.77. The number of carbonyl (C=O) groups is 3. The van der Waals surface area contributed by atoms with Crippen molar-refractivity contribution in [1.29, 1.82) is 0 Å². The van der Waals surface area contributed by atoms with Crippen LogP contribution >= 0.6 is 0 Å². The van der Waals surface area contributed by atoms with Crippen LogP contribution in [-0.4, -0.2) is 57.0 Å². The number of pyridine rings is 1. The van der Waals surface area contributed by atoms with Crippen molar-refractivity contribution in [3.8, 4) is 5.75 Å². The molecule has 11 nitrogen and oxygen atoms in total. The minimum absolute atomic E-state index is 0.0204. The van der Waals surface area contributed by atoms with E-state index in [9.17, 15) is 19.5 Å². The number of aromatic nitrogens is 3. The third-order valence-electron chi connectivity index (χ3n) is 6.10. The number of aliphatic carboxylic acids is 1. The van der Waals surface area contributed by atoms with E-state index in [2.05, 4.69) is 20.7 Å². The van der Waals surface area contributed by atoms with Gasteiger partial charge in [0.15, 0.2) is 5.65 Å². The van der Waals surface area contributed by atoms with Gasteiger partial charge in [-0.25, -0.2) is 9.78 Å². The van der Waals surface area contributed by atoms with Gasteiger partial charge in [0.25, 0.3) is 5.91 Å². The van der Waals surface area contributed by atoms with Crippen molar-refractivity contribution in [3.63, 3.8) is 0 Å². The molecule has 1 saturated heterocycles. The Hall–Kier alpha value is -4.15. The van der Waals surface area contributed by atoms with Gasteiger partial charge >= 0.3 is 12.0 Å². The fourth-order valence-corrected chi connectivity index (χ4v) is 4.49. The van der Waals surface area contributed by atoms with E-state index < -0.39 is 23.8 Å². The summed E-state index contributed by atoms with van der Waals surface area (Å²) in [4.78, 5) is 43.8. The summed E-state index contributed by atoms with van der Waals surface area (Å²) < 4.78 is 7.29. The van der Waals surface area contributed by atoms with Crippen LogP contribution < -0.4 is 20.3 Å². The standard InChI is InChI=1S/C25H30N6O5/c1-14(2)36-18-7-5-6-17(12-18)27-25(35)28-23(32)19-13-26-22-20(15(3)29-30(22)4)21(19)31-10-8-16(9-11-31)24(33)34/h5-7,12-14,16H,8-11H2,1-4H3,(H,33,34)(H2,27,28,32,35). The average Bonchev–Trinajstić information content (AvgIpc) is 3.11. The summed E-state index contributed by atoms with van der Waals surface area (Å²) in [6.45, 7) is 6.56. The molecule has 4 rings (SSSR count). The highest BCUT2D eigenvalue weighted by Crippen LogP contribution is 2.34. The number of carbonyl (C=O) groups excluding carboxylic acids is 2. The smallest absolute Gasteiger partial charge is 0.326 e. The van der Waals surface area contributed by atoms with E-state index in [0.29, 0.717) is 59.8 Å². The molecule has 3 heterocycles. The summed E-state index contributed by atoms with van der Waals surface area (Å²) in [5.74, 6) is -1.25. The van der Waals surface area contributed by atoms with E-state index in [0.717, 1.165) is 0 Å². The van der Waals surface area contributed by atoms with Crippen LogP contribution in [0.15, 0.2) is 30.5 Å². The molecule has 1 aliphatic heterocycles. The normalized spacial score (nSPS) is 14.2. The highest BCUT2D eigenvalue weighted by Gasteiger charge is 2.30. The quantitative estimate of drug-likeness (QED) is 0.474. The van der Waals surface area contributed by atoms with Crippen LogP contribution in [0.25, 0.3) is 11.0 Å². The van der Waals surface area contributed by atoms with Gasteiger partial charge in [-0.1, -0.05) is 6.07 Å². The second-order valence-electron chi connectivity index (χ2n) is 9.13. The Kier molecular flexibility index (Phi) is 7.09. The summed E-state index contributed by atoms with van der Waals surface area (Å²) in [5, 5.41) is 19.6. The largest absolute Gasteiger partial charge is 0.491 e. The Bertz CT molecular complexity index is 1310. The molecule has 3 N–H and O–H groups in total. The molecule has 2 aromatic heterocycles. The lowest BCUT2D eigenvalue weighted by Crippen LogP contribution is -2.39. The summed E-state index contributed by atoms with van der Waals surface area (Å²) in [5.41, 5.74) is 2.60. The third-order valence-corrected chi connectivity index (χ3v) is 6.10. The number of benzene rings is 1. The molecule has 0 atom stereocenters. The number of imide groups is 1. The zero-order chi connectivity index (χ0) is 26.0. The third kappa shape index (κ3) is 5.24. The number of fused-ring (bicyclic) bond motifs is 1. The number of hydrogen-bond donors (Lipinski definition) is 3. The maximum atomic E-state index is 13.3. The minimum atomic E-state index is -0.815. The highest BCUT2D eigenvalue weighted by atomic mass is 16.5. The molecular weight excluding hydrogens is 464 g/mol. The van der Waals surface area contributed by atoms with E-state index >= 15 is 0 Å². The van der Waals surface area contributed by atoms with E-state index in [1.165, 1.54) is 6.20 Å². The maximum absolute atomic E-state index is 13.3. The number of nitrogens with zero attached hydrogens (tertiary/aromatic N) is 4. The topological polar surface area (TPSA) is 139 Å². The first kappa shape index (κ1) is 25.0. The van der Waals surface area contributed by atoms with E-state index in [1.807, 2.05) is 25.7 Å². The monoisotopic (exact) mass is 494 g/mol. The number of carboxylic acid groups (broad SMARTS) is 1. The second-order valence-corrected chi connectivity index (χ2v) is 9.13. The molecule has 3 aromatic rings. The molecule has 0 aliphatic carbocycles. The van der Waals surface area contributed by atoms with Crippen molar-refractivity contribution >= 4 is 40.3 Å². The summed E-state index contributed by atoms with van der Waals surface area (Å²) in [6, 6.07) is 6.21. The van der Waals surface area contributed by atoms with E-state index in [4.69, 9.17) is 4.74 Å². The van der Waals surface area contributed by atoms with Gasteiger partial charge in [0.1, 0.15) is 5.75 Å². The number of carboxylic acids is 1. The van der Waals surface area contributed by atoms with Gasteiger partial charge in [0.05, 0.1) is 34.4 Å². The Morgan fingerprint density at radius 1 is 1.19 bits per heavy atom. The molecule has 0 bridgehead atoms. The van der Waals surface area contributed by atoms with Crippen LogP contribution in [0.2, 0.25) is 0 Å². The van der Waals surface area contributed by atoms with Crippen molar-refractivity contribution in [2.24, 2.45) is 13.0 Å². The molecule has 11 heteroatoms. The lowest BCUT2D eigenvalue weighted by Gasteiger charge is -2.33. The van der Waals surface area contributed by atoms with E-state index in [-0.39, 0.29) is 11.7 Å². The number of anilines is 2. The minimum Gasteiger partial charge on any atom is -0.491 e. The Morgan fingerprint density at radius 3 is 2.58 bits per heavy atom. The lowest BCUT2D eigenvalue weighted by molar-refractivity contribution is -0.142. The molecular formula is C25H30N6O5. The molecule has 0 saturated carbocycles. The number of aryl methyl sites for hydroxylation is 2. The fraction of sp³-hybridized carbons (Fsp3) is 0.400. The molecule has 1 aromatic carbocycles. The summed E-state index contributed by atoms with van der Waals surface area (Å²) >= 11 is 0. The van der Waals surface area contributed by atoms with Crippen LogP contribution in [0.4, 0.5) is 16.2 Å². The molecule has 3 amide bonds. The maximum Gasteiger partial charge on any atom is 0.326 e. The van der Waals surface area contributed by atoms with Crippen molar-refractivity contribution < 1.29 is 24.2 Å². The molecule has 190 valence electrons.